The second-order valence-electron chi connectivity index (χ2n) is 7.84. The number of ether oxygens (including phenoxy) is 2. The molecule has 1 atom stereocenters. The predicted molar refractivity (Wildman–Crippen MR) is 113 cm³/mol. The number of carbonyl (C=O) groups excluding carboxylic acids is 2. The Morgan fingerprint density at radius 2 is 2.19 bits per heavy atom. The maximum atomic E-state index is 15.0. The van der Waals surface area contributed by atoms with Crippen molar-refractivity contribution in [3.05, 3.63) is 36.4 Å². The number of thiol groups is 1. The summed E-state index contributed by atoms with van der Waals surface area (Å²) < 4.78 is 32.0. The van der Waals surface area contributed by atoms with Crippen molar-refractivity contribution >= 4 is 36.5 Å². The summed E-state index contributed by atoms with van der Waals surface area (Å²) in [5.41, 5.74) is -0.455. The number of aromatic nitrogens is 3. The molecule has 10 nitrogen and oxygen atoms in total. The van der Waals surface area contributed by atoms with Crippen molar-refractivity contribution in [2.75, 3.05) is 29.5 Å². The molecule has 0 aliphatic carbocycles. The molecule has 0 bridgehead atoms. The van der Waals surface area contributed by atoms with Gasteiger partial charge in [0, 0.05) is 6.20 Å². The molecule has 168 valence electrons. The van der Waals surface area contributed by atoms with E-state index in [9.17, 15) is 14.0 Å². The quantitative estimate of drug-likeness (QED) is 0.508. The summed E-state index contributed by atoms with van der Waals surface area (Å²) in [6.45, 7) is 5.79. The lowest BCUT2D eigenvalue weighted by molar-refractivity contribution is 0.0575. The normalized spacial score (nSPS) is 16.4. The van der Waals surface area contributed by atoms with E-state index in [-0.39, 0.29) is 25.4 Å². The maximum Gasteiger partial charge on any atom is 0.414 e. The van der Waals surface area contributed by atoms with E-state index in [2.05, 4.69) is 23.2 Å². The van der Waals surface area contributed by atoms with E-state index in [1.54, 1.807) is 31.6 Å². The van der Waals surface area contributed by atoms with Gasteiger partial charge in [0.2, 0.25) is 0 Å². The van der Waals surface area contributed by atoms with Gasteiger partial charge in [0.25, 0.3) is 0 Å². The van der Waals surface area contributed by atoms with Crippen LogP contribution in [0.5, 0.6) is 0 Å². The predicted octanol–water partition coefficient (Wildman–Crippen LogP) is 3.05. The minimum absolute atomic E-state index is 0.00452. The number of hydrogen-bond acceptors (Lipinski definition) is 8. The number of cyclic esters (lactones) is 1. The van der Waals surface area contributed by atoms with Gasteiger partial charge in [-0.1, -0.05) is 5.21 Å². The molecule has 1 aromatic carbocycles. The van der Waals surface area contributed by atoms with Gasteiger partial charge in [0.1, 0.15) is 17.5 Å². The molecule has 1 aliphatic heterocycles. The third-order valence-electron chi connectivity index (χ3n) is 4.29. The molecular weight excluding hydrogens is 429 g/mol. The fourth-order valence-corrected chi connectivity index (χ4v) is 3.09. The van der Waals surface area contributed by atoms with Crippen LogP contribution < -0.4 is 9.80 Å². The first-order valence-electron chi connectivity index (χ1n) is 9.56. The SMILES string of the molecule is CC(C)(C)OC(=O)N(CCOS)c1ccc(N2C[C@H](Cn3ccnn3)OC2=O)cc1F. The lowest BCUT2D eigenvalue weighted by Gasteiger charge is -2.27. The molecule has 1 saturated heterocycles. The van der Waals surface area contributed by atoms with Crippen LogP contribution >= 0.6 is 12.9 Å². The Kier molecular flexibility index (Phi) is 7.01. The molecule has 2 aromatic rings. The van der Waals surface area contributed by atoms with Crippen LogP contribution in [0.2, 0.25) is 0 Å². The van der Waals surface area contributed by atoms with Gasteiger partial charge < -0.3 is 13.7 Å². The zero-order valence-corrected chi connectivity index (χ0v) is 18.3. The summed E-state index contributed by atoms with van der Waals surface area (Å²) in [6.07, 6.45) is 1.41. The van der Waals surface area contributed by atoms with Crippen molar-refractivity contribution in [2.24, 2.45) is 0 Å². The van der Waals surface area contributed by atoms with Crippen molar-refractivity contribution < 1.29 is 27.6 Å². The van der Waals surface area contributed by atoms with Gasteiger partial charge in [0.15, 0.2) is 0 Å². The molecule has 12 heteroatoms. The van der Waals surface area contributed by atoms with Gasteiger partial charge in [-0.3, -0.25) is 9.80 Å². The van der Waals surface area contributed by atoms with E-state index < -0.39 is 29.7 Å². The van der Waals surface area contributed by atoms with Crippen molar-refractivity contribution in [3.63, 3.8) is 0 Å². The number of amides is 2. The monoisotopic (exact) mass is 453 g/mol. The third kappa shape index (κ3) is 5.85. The highest BCUT2D eigenvalue weighted by Crippen LogP contribution is 2.29. The Balaban J connectivity index is 1.77. The van der Waals surface area contributed by atoms with Gasteiger partial charge >= 0.3 is 12.2 Å². The molecule has 2 heterocycles. The van der Waals surface area contributed by atoms with Gasteiger partial charge in [-0.2, -0.15) is 0 Å². The third-order valence-corrected chi connectivity index (χ3v) is 4.47. The Morgan fingerprint density at radius 1 is 1.42 bits per heavy atom. The fourth-order valence-electron chi connectivity index (χ4n) is 3.01. The fraction of sp³-hybridized carbons (Fsp3) is 0.474. The summed E-state index contributed by atoms with van der Waals surface area (Å²) >= 11 is 3.67. The van der Waals surface area contributed by atoms with E-state index in [1.807, 2.05) is 0 Å². The number of carbonyl (C=O) groups is 2. The smallest absolute Gasteiger partial charge is 0.414 e. The summed E-state index contributed by atoms with van der Waals surface area (Å²) in [5, 5.41) is 7.55. The first-order chi connectivity index (χ1) is 14.7. The number of benzene rings is 1. The number of halogens is 1. The molecule has 3 rings (SSSR count). The van der Waals surface area contributed by atoms with E-state index >= 15 is 0 Å². The Morgan fingerprint density at radius 3 is 2.81 bits per heavy atom. The standard InChI is InChI=1S/C19H24FN5O5S/c1-19(2,3)30-18(27)24(8-9-28-31)16-5-4-13(10-15(16)20)25-12-14(29-17(25)26)11-23-7-6-21-22-23/h4-7,10,14,31H,8-9,11-12H2,1-3H3/t14-/m0/s1. The summed E-state index contributed by atoms with van der Waals surface area (Å²) in [6, 6.07) is 4.12. The van der Waals surface area contributed by atoms with Crippen LogP contribution in [0.1, 0.15) is 20.8 Å². The van der Waals surface area contributed by atoms with E-state index in [0.29, 0.717) is 12.2 Å². The van der Waals surface area contributed by atoms with Crippen molar-refractivity contribution in [3.8, 4) is 0 Å². The lowest BCUT2D eigenvalue weighted by Crippen LogP contribution is -2.39. The molecule has 1 aliphatic rings. The minimum atomic E-state index is -0.758. The first kappa shape index (κ1) is 22.8. The maximum absolute atomic E-state index is 15.0. The van der Waals surface area contributed by atoms with Crippen LogP contribution in [0.25, 0.3) is 0 Å². The zero-order chi connectivity index (χ0) is 22.6. The summed E-state index contributed by atoms with van der Waals surface area (Å²) in [5.74, 6) is -0.699. The molecule has 1 aromatic heterocycles. The van der Waals surface area contributed by atoms with E-state index in [4.69, 9.17) is 13.7 Å². The number of rotatable bonds is 7. The molecule has 0 radical (unpaired) electrons. The van der Waals surface area contributed by atoms with Crippen molar-refractivity contribution in [1.82, 2.24) is 15.0 Å². The number of anilines is 2. The highest BCUT2D eigenvalue weighted by Gasteiger charge is 2.34. The summed E-state index contributed by atoms with van der Waals surface area (Å²) in [4.78, 5) is 27.3. The Bertz CT molecular complexity index is 921. The van der Waals surface area contributed by atoms with E-state index in [1.165, 1.54) is 29.3 Å². The molecule has 0 spiro atoms. The lowest BCUT2D eigenvalue weighted by atomic mass is 10.2. The topological polar surface area (TPSA) is 99.0 Å². The van der Waals surface area contributed by atoms with Crippen LogP contribution in [0.4, 0.5) is 25.4 Å². The van der Waals surface area contributed by atoms with Gasteiger partial charge in [-0.05, 0) is 51.9 Å². The number of nitrogens with zero attached hydrogens (tertiary/aromatic N) is 5. The van der Waals surface area contributed by atoms with Crippen LogP contribution in [0.15, 0.2) is 30.6 Å². The molecule has 0 saturated carbocycles. The average Bonchev–Trinajstić information content (AvgIpc) is 3.31. The first-order valence-corrected chi connectivity index (χ1v) is 9.93. The Hall–Kier alpha value is -2.86. The highest BCUT2D eigenvalue weighted by atomic mass is 32.1. The van der Waals surface area contributed by atoms with Gasteiger partial charge in [-0.25, -0.2) is 18.7 Å². The molecule has 31 heavy (non-hydrogen) atoms. The summed E-state index contributed by atoms with van der Waals surface area (Å²) in [7, 11) is 0. The van der Waals surface area contributed by atoms with Crippen LogP contribution in [-0.4, -0.2) is 58.6 Å². The molecule has 0 N–H and O–H groups in total. The second kappa shape index (κ2) is 9.52. The van der Waals surface area contributed by atoms with Gasteiger partial charge in [-0.15, -0.1) is 5.10 Å². The van der Waals surface area contributed by atoms with Gasteiger partial charge in [0.05, 0.1) is 43.8 Å². The molecule has 0 unspecified atom stereocenters. The largest absolute Gasteiger partial charge is 0.443 e. The highest BCUT2D eigenvalue weighted by molar-refractivity contribution is 7.75. The van der Waals surface area contributed by atoms with E-state index in [0.717, 1.165) is 4.90 Å². The van der Waals surface area contributed by atoms with Crippen molar-refractivity contribution in [2.45, 2.75) is 39.0 Å². The minimum Gasteiger partial charge on any atom is -0.443 e. The average molecular weight is 453 g/mol. The van der Waals surface area contributed by atoms with Crippen LogP contribution in [0.3, 0.4) is 0 Å². The van der Waals surface area contributed by atoms with Crippen molar-refractivity contribution in [1.29, 1.82) is 0 Å². The number of hydrogen-bond donors (Lipinski definition) is 1. The molecular formula is C19H24FN5O5S. The molecule has 1 fully saturated rings. The van der Waals surface area contributed by atoms with Crippen LogP contribution in [-0.2, 0) is 20.2 Å². The Labute approximate surface area is 184 Å². The zero-order valence-electron chi connectivity index (χ0n) is 17.4. The van der Waals surface area contributed by atoms with Crippen LogP contribution in [0, 0.1) is 5.82 Å². The molecule has 2 amide bonds. The second-order valence-corrected chi connectivity index (χ2v) is 8.10.